The second kappa shape index (κ2) is 11.1. The third kappa shape index (κ3) is 5.61. The van der Waals surface area contributed by atoms with Crippen LogP contribution in [0.3, 0.4) is 0 Å². The van der Waals surface area contributed by atoms with Crippen molar-refractivity contribution >= 4 is 23.9 Å². The minimum Gasteiger partial charge on any atom is -0.495 e. The van der Waals surface area contributed by atoms with E-state index >= 15 is 0 Å². The average molecular weight is 464 g/mol. The topological polar surface area (TPSA) is 75.3 Å². The second-order valence-corrected chi connectivity index (χ2v) is 7.49. The zero-order valence-corrected chi connectivity index (χ0v) is 20.2. The SMILES string of the molecule is COc1ccc(/C=C\c2cc(OC)c(OC)c(OC)c2)cc1NC(=O)Oc1c(C)cccc1C. The molecule has 1 amide bonds. The number of para-hydroxylation sites is 1. The highest BCUT2D eigenvalue weighted by Gasteiger charge is 2.14. The molecule has 0 aliphatic rings. The first-order valence-electron chi connectivity index (χ1n) is 10.6. The van der Waals surface area contributed by atoms with Gasteiger partial charge in [0.1, 0.15) is 11.5 Å². The lowest BCUT2D eigenvalue weighted by atomic mass is 10.1. The monoisotopic (exact) mass is 463 g/mol. The van der Waals surface area contributed by atoms with Crippen molar-refractivity contribution < 1.29 is 28.5 Å². The summed E-state index contributed by atoms with van der Waals surface area (Å²) < 4.78 is 27.2. The van der Waals surface area contributed by atoms with Gasteiger partial charge in [0.2, 0.25) is 5.75 Å². The van der Waals surface area contributed by atoms with E-state index < -0.39 is 6.09 Å². The molecule has 3 aromatic carbocycles. The molecular formula is C27H29NO6. The molecule has 0 spiro atoms. The van der Waals surface area contributed by atoms with Crippen LogP contribution in [0.5, 0.6) is 28.7 Å². The largest absolute Gasteiger partial charge is 0.495 e. The van der Waals surface area contributed by atoms with E-state index in [9.17, 15) is 4.79 Å². The van der Waals surface area contributed by atoms with Crippen molar-refractivity contribution in [2.75, 3.05) is 33.8 Å². The van der Waals surface area contributed by atoms with E-state index in [0.717, 1.165) is 22.3 Å². The minimum absolute atomic E-state index is 0.491. The fraction of sp³-hybridized carbons (Fsp3) is 0.222. The molecule has 0 fully saturated rings. The van der Waals surface area contributed by atoms with Crippen LogP contribution in [-0.2, 0) is 0 Å². The molecule has 34 heavy (non-hydrogen) atoms. The smallest absolute Gasteiger partial charge is 0.417 e. The molecule has 0 bridgehead atoms. The van der Waals surface area contributed by atoms with E-state index in [0.29, 0.717) is 34.4 Å². The maximum atomic E-state index is 12.6. The van der Waals surface area contributed by atoms with Crippen molar-refractivity contribution in [2.45, 2.75) is 13.8 Å². The van der Waals surface area contributed by atoms with Gasteiger partial charge in [0.25, 0.3) is 0 Å². The highest BCUT2D eigenvalue weighted by Crippen LogP contribution is 2.38. The maximum Gasteiger partial charge on any atom is 0.417 e. The molecule has 178 valence electrons. The van der Waals surface area contributed by atoms with E-state index in [1.54, 1.807) is 40.6 Å². The Kier molecular flexibility index (Phi) is 8.03. The number of carbonyl (C=O) groups is 1. The number of rotatable bonds is 8. The van der Waals surface area contributed by atoms with Crippen molar-refractivity contribution in [1.82, 2.24) is 0 Å². The lowest BCUT2D eigenvalue weighted by molar-refractivity contribution is 0.214. The Hall–Kier alpha value is -4.13. The molecule has 3 aromatic rings. The molecule has 3 rings (SSSR count). The second-order valence-electron chi connectivity index (χ2n) is 7.49. The number of ether oxygens (including phenoxy) is 5. The number of aryl methyl sites for hydroxylation is 2. The number of amides is 1. The van der Waals surface area contributed by atoms with Gasteiger partial charge in [0.05, 0.1) is 34.1 Å². The fourth-order valence-corrected chi connectivity index (χ4v) is 3.51. The molecule has 7 nitrogen and oxygen atoms in total. The average Bonchev–Trinajstić information content (AvgIpc) is 2.84. The van der Waals surface area contributed by atoms with Gasteiger partial charge in [0.15, 0.2) is 11.5 Å². The van der Waals surface area contributed by atoms with Crippen molar-refractivity contribution in [1.29, 1.82) is 0 Å². The van der Waals surface area contributed by atoms with Gasteiger partial charge in [-0.1, -0.05) is 36.4 Å². The van der Waals surface area contributed by atoms with Gasteiger partial charge in [0, 0.05) is 0 Å². The van der Waals surface area contributed by atoms with Crippen LogP contribution in [0.4, 0.5) is 10.5 Å². The van der Waals surface area contributed by atoms with Gasteiger partial charge in [-0.2, -0.15) is 0 Å². The Morgan fingerprint density at radius 1 is 0.706 bits per heavy atom. The van der Waals surface area contributed by atoms with E-state index in [1.165, 1.54) is 0 Å². The summed E-state index contributed by atoms with van der Waals surface area (Å²) in [5.41, 5.74) is 3.95. The first-order chi connectivity index (χ1) is 16.4. The van der Waals surface area contributed by atoms with Gasteiger partial charge < -0.3 is 23.7 Å². The Balaban J connectivity index is 1.84. The Morgan fingerprint density at radius 3 is 1.85 bits per heavy atom. The van der Waals surface area contributed by atoms with Crippen LogP contribution in [0.15, 0.2) is 48.5 Å². The molecule has 1 N–H and O–H groups in total. The minimum atomic E-state index is -0.596. The summed E-state index contributed by atoms with van der Waals surface area (Å²) in [5, 5.41) is 2.78. The predicted octanol–water partition coefficient (Wildman–Crippen LogP) is 6.12. The summed E-state index contributed by atoms with van der Waals surface area (Å²) >= 11 is 0. The number of hydrogen-bond donors (Lipinski definition) is 1. The van der Waals surface area contributed by atoms with Gasteiger partial charge in [-0.15, -0.1) is 0 Å². The molecule has 0 unspecified atom stereocenters. The first-order valence-corrected chi connectivity index (χ1v) is 10.6. The lowest BCUT2D eigenvalue weighted by Crippen LogP contribution is -2.18. The van der Waals surface area contributed by atoms with E-state index in [2.05, 4.69) is 5.32 Å². The molecular weight excluding hydrogens is 434 g/mol. The third-order valence-electron chi connectivity index (χ3n) is 5.22. The summed E-state index contributed by atoms with van der Waals surface area (Å²) in [7, 11) is 6.25. The van der Waals surface area contributed by atoms with E-state index in [4.69, 9.17) is 23.7 Å². The summed E-state index contributed by atoms with van der Waals surface area (Å²) in [6.07, 6.45) is 3.22. The van der Waals surface area contributed by atoms with Crippen molar-refractivity contribution in [2.24, 2.45) is 0 Å². The molecule has 0 radical (unpaired) electrons. The Bertz CT molecular complexity index is 1160. The normalized spacial score (nSPS) is 10.6. The van der Waals surface area contributed by atoms with Crippen LogP contribution in [0.2, 0.25) is 0 Å². The molecule has 0 aliphatic carbocycles. The van der Waals surface area contributed by atoms with Gasteiger partial charge in [-0.3, -0.25) is 5.32 Å². The Labute approximate surface area is 199 Å². The van der Waals surface area contributed by atoms with Gasteiger partial charge >= 0.3 is 6.09 Å². The highest BCUT2D eigenvalue weighted by molar-refractivity contribution is 5.89. The molecule has 0 saturated carbocycles. The molecule has 0 heterocycles. The lowest BCUT2D eigenvalue weighted by Gasteiger charge is -2.14. The van der Waals surface area contributed by atoms with Crippen LogP contribution in [0, 0.1) is 13.8 Å². The van der Waals surface area contributed by atoms with Crippen LogP contribution in [-0.4, -0.2) is 34.5 Å². The summed E-state index contributed by atoms with van der Waals surface area (Å²) in [4.78, 5) is 12.6. The standard InChI is InChI=1S/C27H29NO6/c1-17-8-7-9-18(2)25(17)34-27(29)28-21-14-19(12-13-22(21)30-3)10-11-20-15-23(31-4)26(33-6)24(16-20)32-5/h7-16H,1-6H3,(H,28,29)/b11-10-. The molecule has 0 aromatic heterocycles. The molecule has 7 heteroatoms. The fourth-order valence-electron chi connectivity index (χ4n) is 3.51. The van der Waals surface area contributed by atoms with Crippen LogP contribution < -0.4 is 29.0 Å². The molecule has 0 aliphatic heterocycles. The number of anilines is 1. The zero-order valence-electron chi connectivity index (χ0n) is 20.2. The summed E-state index contributed by atoms with van der Waals surface area (Å²) in [6.45, 7) is 3.79. The third-order valence-corrected chi connectivity index (χ3v) is 5.22. The van der Waals surface area contributed by atoms with Gasteiger partial charge in [-0.05, 0) is 60.4 Å². The number of hydrogen-bond acceptors (Lipinski definition) is 6. The van der Waals surface area contributed by atoms with Crippen LogP contribution in [0.25, 0.3) is 12.2 Å². The molecule has 0 saturated heterocycles. The highest BCUT2D eigenvalue weighted by atomic mass is 16.6. The van der Waals surface area contributed by atoms with E-state index in [-0.39, 0.29) is 0 Å². The summed E-state index contributed by atoms with van der Waals surface area (Å²) in [6, 6.07) is 14.9. The first kappa shape index (κ1) is 24.5. The van der Waals surface area contributed by atoms with Gasteiger partial charge in [-0.25, -0.2) is 4.79 Å². The zero-order chi connectivity index (χ0) is 24.7. The maximum absolute atomic E-state index is 12.6. The Morgan fingerprint density at radius 2 is 1.29 bits per heavy atom. The number of nitrogens with one attached hydrogen (secondary N) is 1. The number of carbonyl (C=O) groups excluding carboxylic acids is 1. The van der Waals surface area contributed by atoms with E-state index in [1.807, 2.05) is 62.4 Å². The quantitative estimate of drug-likeness (QED) is 0.406. The predicted molar refractivity (Wildman–Crippen MR) is 134 cm³/mol. The van der Waals surface area contributed by atoms with Crippen molar-refractivity contribution in [3.63, 3.8) is 0 Å². The number of methoxy groups -OCH3 is 4. The summed E-state index contributed by atoms with van der Waals surface area (Å²) in [5.74, 6) is 2.71. The van der Waals surface area contributed by atoms with Crippen molar-refractivity contribution in [3.8, 4) is 28.7 Å². The molecule has 0 atom stereocenters. The van der Waals surface area contributed by atoms with Crippen LogP contribution >= 0.6 is 0 Å². The van der Waals surface area contributed by atoms with Crippen molar-refractivity contribution in [3.05, 3.63) is 70.8 Å². The van der Waals surface area contributed by atoms with Crippen LogP contribution in [0.1, 0.15) is 22.3 Å². The number of benzene rings is 3.